The summed E-state index contributed by atoms with van der Waals surface area (Å²) in [5.74, 6) is -2.13. The number of halogens is 1. The summed E-state index contributed by atoms with van der Waals surface area (Å²) in [5.41, 5.74) is 5.98. The third-order valence-corrected chi connectivity index (χ3v) is 9.30. The highest BCUT2D eigenvalue weighted by molar-refractivity contribution is 7.92. The number of ether oxygens (including phenoxy) is 1. The van der Waals surface area contributed by atoms with Gasteiger partial charge in [0.15, 0.2) is 4.87 Å². The lowest BCUT2D eigenvalue weighted by molar-refractivity contribution is -0.141. The molecule has 4 rings (SSSR count). The Labute approximate surface area is 267 Å². The maximum absolute atomic E-state index is 14.3. The summed E-state index contributed by atoms with van der Waals surface area (Å²) in [6.45, 7) is 9.84. The second kappa shape index (κ2) is 12.6. The number of carbonyl (C=O) groups is 2. The van der Waals surface area contributed by atoms with Crippen molar-refractivity contribution < 1.29 is 32.2 Å². The van der Waals surface area contributed by atoms with Gasteiger partial charge in [0, 0.05) is 18.8 Å². The third kappa shape index (κ3) is 7.26. The van der Waals surface area contributed by atoms with E-state index in [9.17, 15) is 27.5 Å². The van der Waals surface area contributed by atoms with Gasteiger partial charge < -0.3 is 15.6 Å². The highest BCUT2D eigenvalue weighted by Crippen LogP contribution is 2.36. The monoisotopic (exact) mass is 651 g/mol. The zero-order valence-corrected chi connectivity index (χ0v) is 27.3. The quantitative estimate of drug-likeness (QED) is 0.224. The van der Waals surface area contributed by atoms with Gasteiger partial charge in [-0.2, -0.15) is 5.10 Å². The molecule has 0 aliphatic rings. The van der Waals surface area contributed by atoms with Crippen LogP contribution in [0.2, 0.25) is 0 Å². The Bertz CT molecular complexity index is 1800. The summed E-state index contributed by atoms with van der Waals surface area (Å²) in [6.07, 6.45) is 2.12. The number of benzene rings is 2. The number of rotatable bonds is 9. The Morgan fingerprint density at radius 3 is 2.13 bits per heavy atom. The summed E-state index contributed by atoms with van der Waals surface area (Å²) in [7, 11) is -4.50. The molecule has 11 nitrogen and oxygen atoms in total. The summed E-state index contributed by atoms with van der Waals surface area (Å²) in [4.78, 5) is 29.1. The number of sulfone groups is 1. The SMILES string of the molecule is CC(C)(C)OC(=O)N(c1cccc(C(N)(Cc2ccc(-n3cccn3)cc2)S(=O)(=O)c2ccc(F)cc2)n1)C(C(=O)O)C(C)(C)C. The van der Waals surface area contributed by atoms with Crippen LogP contribution in [0.4, 0.5) is 15.0 Å². The van der Waals surface area contributed by atoms with Crippen molar-refractivity contribution in [3.05, 3.63) is 102 Å². The maximum Gasteiger partial charge on any atom is 0.416 e. The van der Waals surface area contributed by atoms with Crippen molar-refractivity contribution in [2.45, 2.75) is 69.4 Å². The first-order chi connectivity index (χ1) is 21.3. The number of nitrogens with two attached hydrogens (primary N) is 1. The zero-order chi connectivity index (χ0) is 34.1. The van der Waals surface area contributed by atoms with Crippen molar-refractivity contribution in [1.29, 1.82) is 0 Å². The third-order valence-electron chi connectivity index (χ3n) is 7.09. The van der Waals surface area contributed by atoms with Crippen LogP contribution in [-0.2, 0) is 30.7 Å². The van der Waals surface area contributed by atoms with E-state index in [-0.39, 0.29) is 22.8 Å². The standard InChI is InChI=1S/C33H38FN5O6S/c1-31(2,3)28(29(40)41)39(30(42)45-32(4,5)6)27-10-7-9-26(37-27)33(35,46(43,44)25-17-13-23(34)14-18-25)21-22-11-15-24(16-12-22)38-20-8-19-36-38/h7-20,28H,21,35H2,1-6H3,(H,40,41). The molecule has 0 aliphatic heterocycles. The van der Waals surface area contributed by atoms with E-state index < -0.39 is 49.6 Å². The average molecular weight is 652 g/mol. The van der Waals surface area contributed by atoms with E-state index in [1.165, 1.54) is 18.2 Å². The molecule has 13 heteroatoms. The fraction of sp³-hybridized carbons (Fsp3) is 0.333. The van der Waals surface area contributed by atoms with Gasteiger partial charge in [-0.05, 0) is 86.3 Å². The van der Waals surface area contributed by atoms with E-state index >= 15 is 0 Å². The molecule has 2 heterocycles. The van der Waals surface area contributed by atoms with Crippen LogP contribution in [-0.4, -0.2) is 52.0 Å². The van der Waals surface area contributed by atoms with Crippen LogP contribution in [0.1, 0.15) is 52.8 Å². The van der Waals surface area contributed by atoms with Gasteiger partial charge in [-0.1, -0.05) is 39.0 Å². The minimum Gasteiger partial charge on any atom is -0.480 e. The van der Waals surface area contributed by atoms with Crippen LogP contribution in [0.25, 0.3) is 5.69 Å². The Hall–Kier alpha value is -4.62. The lowest BCUT2D eigenvalue weighted by Gasteiger charge is -2.38. The number of aliphatic carboxylic acids is 1. The Morgan fingerprint density at radius 1 is 0.978 bits per heavy atom. The number of carboxylic acid groups (broad SMARTS) is 1. The van der Waals surface area contributed by atoms with Gasteiger partial charge in [-0.15, -0.1) is 0 Å². The molecular formula is C33H38FN5O6S. The van der Waals surface area contributed by atoms with E-state index in [2.05, 4.69) is 10.1 Å². The van der Waals surface area contributed by atoms with Crippen molar-refractivity contribution in [2.24, 2.45) is 11.1 Å². The second-order valence-corrected chi connectivity index (χ2v) is 15.2. The Balaban J connectivity index is 1.90. The lowest BCUT2D eigenvalue weighted by atomic mass is 9.85. The van der Waals surface area contributed by atoms with Crippen LogP contribution < -0.4 is 10.6 Å². The number of aromatic nitrogens is 3. The van der Waals surface area contributed by atoms with Gasteiger partial charge in [-0.3, -0.25) is 0 Å². The molecule has 0 spiro atoms. The molecule has 0 radical (unpaired) electrons. The number of hydrogen-bond acceptors (Lipinski definition) is 8. The normalized spacial score (nSPS) is 14.3. The molecule has 2 aromatic carbocycles. The van der Waals surface area contributed by atoms with Gasteiger partial charge in [0.2, 0.25) is 9.84 Å². The van der Waals surface area contributed by atoms with E-state index in [1.807, 2.05) is 0 Å². The van der Waals surface area contributed by atoms with E-state index in [1.54, 1.807) is 88.9 Å². The first kappa shape index (κ1) is 34.3. The predicted molar refractivity (Wildman–Crippen MR) is 171 cm³/mol. The van der Waals surface area contributed by atoms with E-state index in [0.29, 0.717) is 5.56 Å². The molecule has 0 saturated carbocycles. The number of nitrogens with zero attached hydrogens (tertiary/aromatic N) is 4. The van der Waals surface area contributed by atoms with E-state index in [4.69, 9.17) is 10.5 Å². The Morgan fingerprint density at radius 2 is 1.61 bits per heavy atom. The highest BCUT2D eigenvalue weighted by atomic mass is 32.2. The van der Waals surface area contributed by atoms with Crippen LogP contribution in [0, 0.1) is 11.2 Å². The average Bonchev–Trinajstić information content (AvgIpc) is 3.50. The molecule has 4 aromatic rings. The Kier molecular flexibility index (Phi) is 9.41. The van der Waals surface area contributed by atoms with Crippen LogP contribution in [0.3, 0.4) is 0 Å². The number of pyridine rings is 1. The number of anilines is 1. The van der Waals surface area contributed by atoms with Crippen LogP contribution >= 0.6 is 0 Å². The van der Waals surface area contributed by atoms with Crippen LogP contribution in [0.15, 0.2) is 90.1 Å². The zero-order valence-electron chi connectivity index (χ0n) is 26.5. The molecule has 0 bridgehead atoms. The molecule has 0 fully saturated rings. The smallest absolute Gasteiger partial charge is 0.416 e. The minimum absolute atomic E-state index is 0.169. The van der Waals surface area contributed by atoms with Crippen molar-refractivity contribution in [1.82, 2.24) is 14.8 Å². The molecule has 244 valence electrons. The van der Waals surface area contributed by atoms with Crippen molar-refractivity contribution in [3.8, 4) is 5.69 Å². The second-order valence-electron chi connectivity index (χ2n) is 13.0. The first-order valence-corrected chi connectivity index (χ1v) is 15.9. The molecule has 2 aromatic heterocycles. The van der Waals surface area contributed by atoms with Gasteiger partial charge in [0.1, 0.15) is 23.3 Å². The molecule has 0 saturated heterocycles. The van der Waals surface area contributed by atoms with Gasteiger partial charge >= 0.3 is 12.1 Å². The highest BCUT2D eigenvalue weighted by Gasteiger charge is 2.46. The topological polar surface area (TPSA) is 158 Å². The summed E-state index contributed by atoms with van der Waals surface area (Å²) >= 11 is 0. The molecule has 2 atom stereocenters. The van der Waals surface area contributed by atoms with Crippen molar-refractivity contribution >= 4 is 27.7 Å². The molecule has 0 aliphatic carbocycles. The predicted octanol–water partition coefficient (Wildman–Crippen LogP) is 5.48. The lowest BCUT2D eigenvalue weighted by Crippen LogP contribution is -2.54. The fourth-order valence-electron chi connectivity index (χ4n) is 4.94. The number of carboxylic acids is 1. The van der Waals surface area contributed by atoms with Crippen LogP contribution in [0.5, 0.6) is 0 Å². The molecule has 2 unspecified atom stereocenters. The summed E-state index contributed by atoms with van der Waals surface area (Å²) in [6, 6.07) is 15.7. The molecule has 1 amide bonds. The van der Waals surface area contributed by atoms with E-state index in [0.717, 1.165) is 34.9 Å². The van der Waals surface area contributed by atoms with Crippen molar-refractivity contribution in [2.75, 3.05) is 4.90 Å². The van der Waals surface area contributed by atoms with Gasteiger partial charge in [0.25, 0.3) is 0 Å². The largest absolute Gasteiger partial charge is 0.480 e. The number of hydrogen-bond donors (Lipinski definition) is 2. The number of amides is 1. The summed E-state index contributed by atoms with van der Waals surface area (Å²) in [5, 5.41) is 14.5. The van der Waals surface area contributed by atoms with Gasteiger partial charge in [-0.25, -0.2) is 37.0 Å². The van der Waals surface area contributed by atoms with Gasteiger partial charge in [0.05, 0.1) is 16.3 Å². The maximum atomic E-state index is 14.3. The van der Waals surface area contributed by atoms with Crippen molar-refractivity contribution in [3.63, 3.8) is 0 Å². The molecule has 3 N–H and O–H groups in total. The molecular weight excluding hydrogens is 613 g/mol. The fourth-order valence-corrected chi connectivity index (χ4v) is 6.60. The number of carbonyl (C=O) groups excluding carboxylic acids is 1. The minimum atomic E-state index is -4.50. The molecule has 46 heavy (non-hydrogen) atoms. The first-order valence-electron chi connectivity index (χ1n) is 14.4. The summed E-state index contributed by atoms with van der Waals surface area (Å²) < 4.78 is 49.7.